The van der Waals surface area contributed by atoms with E-state index in [0.717, 1.165) is 19.4 Å². The summed E-state index contributed by atoms with van der Waals surface area (Å²) in [7, 11) is 1.58. The van der Waals surface area contributed by atoms with Crippen molar-refractivity contribution in [1.82, 2.24) is 4.57 Å². The molecule has 1 aliphatic heterocycles. The topological polar surface area (TPSA) is 78.5 Å². The molecule has 0 spiro atoms. The maximum atomic E-state index is 12.5. The Morgan fingerprint density at radius 2 is 2.42 bits per heavy atom. The summed E-state index contributed by atoms with van der Waals surface area (Å²) in [5.41, 5.74) is 6.80. The van der Waals surface area contributed by atoms with E-state index >= 15 is 0 Å². The van der Waals surface area contributed by atoms with Gasteiger partial charge in [0, 0.05) is 18.4 Å². The Bertz CT molecular complexity index is 794. The van der Waals surface area contributed by atoms with Gasteiger partial charge in [0.2, 0.25) is 0 Å². The summed E-state index contributed by atoms with van der Waals surface area (Å²) in [5, 5.41) is 2.83. The van der Waals surface area contributed by atoms with E-state index in [1.165, 1.54) is 11.3 Å². The SMILES string of the molecule is COc1cccc(NC(=O)c2sc(=S)n(CC3CCCO3)c2N)c1. The number of nitrogen functional groups attached to an aromatic ring is 1. The lowest BCUT2D eigenvalue weighted by Gasteiger charge is -2.12. The molecule has 1 aliphatic rings. The van der Waals surface area contributed by atoms with Crippen LogP contribution in [0.2, 0.25) is 0 Å². The number of rotatable bonds is 5. The average Bonchev–Trinajstić information content (AvgIpc) is 3.18. The highest BCUT2D eigenvalue weighted by molar-refractivity contribution is 7.73. The number of nitrogens with one attached hydrogen (secondary N) is 1. The number of methoxy groups -OCH3 is 1. The van der Waals surface area contributed by atoms with Gasteiger partial charge in [0.25, 0.3) is 5.91 Å². The predicted octanol–water partition coefficient (Wildman–Crippen LogP) is 3.30. The first-order chi connectivity index (χ1) is 11.6. The Balaban J connectivity index is 1.78. The third kappa shape index (κ3) is 3.61. The van der Waals surface area contributed by atoms with E-state index in [9.17, 15) is 4.79 Å². The standard InChI is InChI=1S/C16H19N3O3S2/c1-21-11-5-2-4-10(8-11)18-15(20)13-14(17)19(16(23)24-13)9-12-6-3-7-22-12/h2,4-5,8,12H,3,6-7,9,17H2,1H3,(H,18,20). The Labute approximate surface area is 149 Å². The van der Waals surface area contributed by atoms with Crippen LogP contribution in [-0.4, -0.2) is 30.3 Å². The van der Waals surface area contributed by atoms with Gasteiger partial charge in [-0.05, 0) is 37.2 Å². The molecule has 24 heavy (non-hydrogen) atoms. The van der Waals surface area contributed by atoms with Crippen LogP contribution < -0.4 is 15.8 Å². The first-order valence-corrected chi connectivity index (χ1v) is 8.87. The molecule has 2 heterocycles. The van der Waals surface area contributed by atoms with Gasteiger partial charge in [-0.15, -0.1) is 0 Å². The molecule has 0 saturated carbocycles. The van der Waals surface area contributed by atoms with Gasteiger partial charge in [0.15, 0.2) is 3.95 Å². The van der Waals surface area contributed by atoms with Gasteiger partial charge in [-0.1, -0.05) is 17.4 Å². The van der Waals surface area contributed by atoms with Gasteiger partial charge in [-0.2, -0.15) is 0 Å². The molecule has 8 heteroatoms. The predicted molar refractivity (Wildman–Crippen MR) is 97.5 cm³/mol. The van der Waals surface area contributed by atoms with Crippen molar-refractivity contribution in [2.45, 2.75) is 25.5 Å². The van der Waals surface area contributed by atoms with Crippen molar-refractivity contribution in [3.05, 3.63) is 33.1 Å². The minimum atomic E-state index is -0.275. The van der Waals surface area contributed by atoms with E-state index in [1.54, 1.807) is 23.8 Å². The molecule has 1 fully saturated rings. The quantitative estimate of drug-likeness (QED) is 0.795. The third-order valence-corrected chi connectivity index (χ3v) is 5.34. The molecule has 1 amide bonds. The lowest BCUT2D eigenvalue weighted by molar-refractivity contribution is 0.0970. The Kier molecular flexibility index (Phi) is 5.17. The molecule has 1 aromatic carbocycles. The zero-order valence-corrected chi connectivity index (χ0v) is 14.9. The highest BCUT2D eigenvalue weighted by Gasteiger charge is 2.22. The molecular weight excluding hydrogens is 346 g/mol. The van der Waals surface area contributed by atoms with Crippen LogP contribution in [-0.2, 0) is 11.3 Å². The Morgan fingerprint density at radius 1 is 1.58 bits per heavy atom. The number of aromatic nitrogens is 1. The van der Waals surface area contributed by atoms with Crippen molar-refractivity contribution < 1.29 is 14.3 Å². The smallest absolute Gasteiger partial charge is 0.269 e. The van der Waals surface area contributed by atoms with Gasteiger partial charge >= 0.3 is 0 Å². The highest BCUT2D eigenvalue weighted by atomic mass is 32.1. The molecule has 0 radical (unpaired) electrons. The van der Waals surface area contributed by atoms with Crippen LogP contribution in [0.15, 0.2) is 24.3 Å². The van der Waals surface area contributed by atoms with Crippen LogP contribution in [0.5, 0.6) is 5.75 Å². The van der Waals surface area contributed by atoms with Crippen molar-refractivity contribution in [1.29, 1.82) is 0 Å². The van der Waals surface area contributed by atoms with Crippen LogP contribution in [0.25, 0.3) is 0 Å². The molecule has 2 aromatic rings. The zero-order valence-electron chi connectivity index (χ0n) is 13.3. The summed E-state index contributed by atoms with van der Waals surface area (Å²) >= 11 is 6.58. The van der Waals surface area contributed by atoms with Crippen molar-refractivity contribution in [3.8, 4) is 5.75 Å². The first-order valence-electron chi connectivity index (χ1n) is 7.64. The first kappa shape index (κ1) is 16.9. The number of nitrogens with two attached hydrogens (primary N) is 1. The molecule has 6 nitrogen and oxygen atoms in total. The lowest BCUT2D eigenvalue weighted by atomic mass is 10.2. The fourth-order valence-electron chi connectivity index (χ4n) is 2.63. The normalized spacial score (nSPS) is 17.0. The summed E-state index contributed by atoms with van der Waals surface area (Å²) in [4.78, 5) is 12.9. The number of benzene rings is 1. The van der Waals surface area contributed by atoms with E-state index < -0.39 is 0 Å². The number of carbonyl (C=O) groups is 1. The summed E-state index contributed by atoms with van der Waals surface area (Å²) < 4.78 is 13.2. The summed E-state index contributed by atoms with van der Waals surface area (Å²) in [6, 6.07) is 7.16. The lowest BCUT2D eigenvalue weighted by Crippen LogP contribution is -2.18. The van der Waals surface area contributed by atoms with Crippen LogP contribution >= 0.6 is 23.6 Å². The van der Waals surface area contributed by atoms with Crippen molar-refractivity contribution in [3.63, 3.8) is 0 Å². The Morgan fingerprint density at radius 3 is 3.12 bits per heavy atom. The molecule has 1 aromatic heterocycles. The average molecular weight is 365 g/mol. The van der Waals surface area contributed by atoms with E-state index in [0.29, 0.717) is 32.6 Å². The molecular formula is C16H19N3O3S2. The largest absolute Gasteiger partial charge is 0.497 e. The minimum absolute atomic E-state index is 0.114. The number of nitrogens with zero attached hydrogens (tertiary/aromatic N) is 1. The number of anilines is 2. The molecule has 0 bridgehead atoms. The second kappa shape index (κ2) is 7.33. The zero-order chi connectivity index (χ0) is 17.1. The van der Waals surface area contributed by atoms with Crippen LogP contribution in [0.4, 0.5) is 11.5 Å². The Hall–Kier alpha value is -1.90. The summed E-state index contributed by atoms with van der Waals surface area (Å²) in [6.07, 6.45) is 2.15. The molecule has 128 valence electrons. The number of carbonyl (C=O) groups excluding carboxylic acids is 1. The number of ether oxygens (including phenoxy) is 2. The van der Waals surface area contributed by atoms with Crippen molar-refractivity contribution in [2.24, 2.45) is 0 Å². The van der Waals surface area contributed by atoms with Gasteiger partial charge in [0.1, 0.15) is 16.4 Å². The van der Waals surface area contributed by atoms with Gasteiger partial charge in [-0.3, -0.25) is 4.79 Å². The minimum Gasteiger partial charge on any atom is -0.497 e. The number of thiazole rings is 1. The van der Waals surface area contributed by atoms with Crippen molar-refractivity contribution in [2.75, 3.05) is 24.8 Å². The monoisotopic (exact) mass is 365 g/mol. The fourth-order valence-corrected chi connectivity index (χ4v) is 3.87. The maximum absolute atomic E-state index is 12.5. The number of amides is 1. The molecule has 1 saturated heterocycles. The summed E-state index contributed by atoms with van der Waals surface area (Å²) in [5.74, 6) is 0.785. The highest BCUT2D eigenvalue weighted by Crippen LogP contribution is 2.26. The second-order valence-electron chi connectivity index (χ2n) is 5.51. The molecule has 0 aliphatic carbocycles. The van der Waals surface area contributed by atoms with E-state index in [2.05, 4.69) is 5.32 Å². The fraction of sp³-hybridized carbons (Fsp3) is 0.375. The van der Waals surface area contributed by atoms with E-state index in [-0.39, 0.29) is 12.0 Å². The van der Waals surface area contributed by atoms with Gasteiger partial charge < -0.3 is 25.1 Å². The van der Waals surface area contributed by atoms with Gasteiger partial charge in [0.05, 0.1) is 19.8 Å². The molecule has 3 N–H and O–H groups in total. The van der Waals surface area contributed by atoms with Crippen LogP contribution in [0, 0.1) is 3.95 Å². The van der Waals surface area contributed by atoms with Crippen molar-refractivity contribution >= 4 is 41.0 Å². The van der Waals surface area contributed by atoms with E-state index in [1.807, 2.05) is 12.1 Å². The van der Waals surface area contributed by atoms with E-state index in [4.69, 9.17) is 27.4 Å². The second-order valence-corrected chi connectivity index (χ2v) is 7.16. The molecule has 1 atom stereocenters. The maximum Gasteiger partial charge on any atom is 0.269 e. The van der Waals surface area contributed by atoms with Gasteiger partial charge in [-0.25, -0.2) is 0 Å². The number of hydrogen-bond donors (Lipinski definition) is 2. The number of hydrogen-bond acceptors (Lipinski definition) is 6. The third-order valence-electron chi connectivity index (χ3n) is 3.88. The molecule has 1 unspecified atom stereocenters. The molecule has 3 rings (SSSR count). The summed E-state index contributed by atoms with van der Waals surface area (Å²) in [6.45, 7) is 1.36. The van der Waals surface area contributed by atoms with Crippen LogP contribution in [0.3, 0.4) is 0 Å². The van der Waals surface area contributed by atoms with Crippen LogP contribution in [0.1, 0.15) is 22.5 Å².